The molecule has 1 aliphatic rings. The molecule has 178 valence electrons. The summed E-state index contributed by atoms with van der Waals surface area (Å²) in [5, 5.41) is 2.94. The van der Waals surface area contributed by atoms with Gasteiger partial charge in [-0.15, -0.1) is 0 Å². The third-order valence-corrected chi connectivity index (χ3v) is 6.07. The van der Waals surface area contributed by atoms with E-state index in [-0.39, 0.29) is 24.9 Å². The molecule has 1 aliphatic heterocycles. The summed E-state index contributed by atoms with van der Waals surface area (Å²) in [6, 6.07) is 18.6. The number of nitrogens with zero attached hydrogens (tertiary/aromatic N) is 4. The Hall–Kier alpha value is -2.90. The van der Waals surface area contributed by atoms with Gasteiger partial charge in [-0.1, -0.05) is 30.3 Å². The Morgan fingerprint density at radius 3 is 2.12 bits per heavy atom. The summed E-state index contributed by atoms with van der Waals surface area (Å²) in [4.78, 5) is 33.0. The van der Waals surface area contributed by atoms with E-state index in [2.05, 4.69) is 57.6 Å². The maximum absolute atomic E-state index is 12.4. The van der Waals surface area contributed by atoms with Gasteiger partial charge in [0, 0.05) is 57.2 Å². The molecule has 0 spiro atoms. The fourth-order valence-electron chi connectivity index (χ4n) is 4.17. The number of rotatable bonds is 10. The molecule has 1 heterocycles. The molecule has 2 aromatic rings. The van der Waals surface area contributed by atoms with Crippen LogP contribution in [0.4, 0.5) is 11.4 Å². The molecule has 7 nitrogen and oxygen atoms in total. The highest BCUT2D eigenvalue weighted by Crippen LogP contribution is 2.20. The standard InChI is InChI=1S/C26H37N5O2/c1-4-30(5-2)26(33)21-28(3)20-25(32)27-23-11-13-24(14-12-23)31-17-15-29(16-18-31)19-22-9-7-6-8-10-22/h6-14H,4-5,15-21H2,1-3H3,(H,27,32). The molecule has 0 bridgehead atoms. The third kappa shape index (κ3) is 7.58. The van der Waals surface area contributed by atoms with E-state index in [4.69, 9.17) is 0 Å². The molecule has 0 saturated carbocycles. The SMILES string of the molecule is CCN(CC)C(=O)CN(C)CC(=O)Nc1ccc(N2CCN(Cc3ccccc3)CC2)cc1. The van der Waals surface area contributed by atoms with Gasteiger partial charge in [-0.05, 0) is 50.7 Å². The summed E-state index contributed by atoms with van der Waals surface area (Å²) in [6.07, 6.45) is 0. The van der Waals surface area contributed by atoms with Gasteiger partial charge in [0.1, 0.15) is 0 Å². The summed E-state index contributed by atoms with van der Waals surface area (Å²) >= 11 is 0. The van der Waals surface area contributed by atoms with Crippen LogP contribution in [0.5, 0.6) is 0 Å². The number of benzene rings is 2. The minimum atomic E-state index is -0.118. The molecule has 1 N–H and O–H groups in total. The van der Waals surface area contributed by atoms with E-state index >= 15 is 0 Å². The maximum atomic E-state index is 12.4. The van der Waals surface area contributed by atoms with E-state index in [1.807, 2.05) is 26.0 Å². The number of likely N-dealkylation sites (N-methyl/N-ethyl adjacent to an activating group) is 2. The minimum Gasteiger partial charge on any atom is -0.369 e. The van der Waals surface area contributed by atoms with Gasteiger partial charge in [-0.2, -0.15) is 0 Å². The Labute approximate surface area is 198 Å². The Morgan fingerprint density at radius 1 is 0.879 bits per heavy atom. The molecular formula is C26H37N5O2. The van der Waals surface area contributed by atoms with Crippen LogP contribution >= 0.6 is 0 Å². The lowest BCUT2D eigenvalue weighted by molar-refractivity contribution is -0.132. The van der Waals surface area contributed by atoms with Crippen molar-refractivity contribution in [1.82, 2.24) is 14.7 Å². The van der Waals surface area contributed by atoms with Crippen molar-refractivity contribution in [3.05, 3.63) is 60.2 Å². The van der Waals surface area contributed by atoms with Crippen molar-refractivity contribution in [3.63, 3.8) is 0 Å². The molecule has 2 amide bonds. The zero-order valence-corrected chi connectivity index (χ0v) is 20.2. The monoisotopic (exact) mass is 451 g/mol. The van der Waals surface area contributed by atoms with Gasteiger partial charge in [0.15, 0.2) is 0 Å². The number of carbonyl (C=O) groups is 2. The summed E-state index contributed by atoms with van der Waals surface area (Å²) in [5.41, 5.74) is 3.30. The number of nitrogens with one attached hydrogen (secondary N) is 1. The minimum absolute atomic E-state index is 0.0449. The van der Waals surface area contributed by atoms with Crippen molar-refractivity contribution < 1.29 is 9.59 Å². The van der Waals surface area contributed by atoms with Crippen LogP contribution < -0.4 is 10.2 Å². The zero-order chi connectivity index (χ0) is 23.6. The summed E-state index contributed by atoms with van der Waals surface area (Å²) < 4.78 is 0. The largest absolute Gasteiger partial charge is 0.369 e. The second-order valence-corrected chi connectivity index (χ2v) is 8.58. The van der Waals surface area contributed by atoms with E-state index in [0.717, 1.165) is 38.4 Å². The van der Waals surface area contributed by atoms with Gasteiger partial charge in [0.25, 0.3) is 0 Å². The fraction of sp³-hybridized carbons (Fsp3) is 0.462. The van der Waals surface area contributed by atoms with Crippen LogP contribution in [-0.4, -0.2) is 85.9 Å². The number of hydrogen-bond donors (Lipinski definition) is 1. The Balaban J connectivity index is 1.42. The summed E-state index contributed by atoms with van der Waals surface area (Å²) in [6.45, 7) is 10.8. The van der Waals surface area contributed by atoms with Crippen LogP contribution in [0.2, 0.25) is 0 Å². The molecule has 1 saturated heterocycles. The molecule has 0 unspecified atom stereocenters. The van der Waals surface area contributed by atoms with Gasteiger partial charge < -0.3 is 15.1 Å². The average Bonchev–Trinajstić information content (AvgIpc) is 2.81. The lowest BCUT2D eigenvalue weighted by Gasteiger charge is -2.36. The van der Waals surface area contributed by atoms with Gasteiger partial charge >= 0.3 is 0 Å². The first-order valence-electron chi connectivity index (χ1n) is 11.9. The molecule has 0 radical (unpaired) electrons. The number of hydrogen-bond acceptors (Lipinski definition) is 5. The van der Waals surface area contributed by atoms with Gasteiger partial charge in [-0.25, -0.2) is 0 Å². The predicted octanol–water partition coefficient (Wildman–Crippen LogP) is 2.75. The maximum Gasteiger partial charge on any atom is 0.238 e. The van der Waals surface area contributed by atoms with E-state index in [0.29, 0.717) is 13.1 Å². The summed E-state index contributed by atoms with van der Waals surface area (Å²) in [7, 11) is 1.79. The van der Waals surface area contributed by atoms with Crippen molar-refractivity contribution in [2.45, 2.75) is 20.4 Å². The quantitative estimate of drug-likeness (QED) is 0.602. The number of anilines is 2. The van der Waals surface area contributed by atoms with Crippen LogP contribution in [0.1, 0.15) is 19.4 Å². The van der Waals surface area contributed by atoms with E-state index in [1.54, 1.807) is 16.8 Å². The first-order chi connectivity index (χ1) is 16.0. The Morgan fingerprint density at radius 2 is 1.52 bits per heavy atom. The van der Waals surface area contributed by atoms with Crippen molar-refractivity contribution in [2.75, 3.05) is 69.6 Å². The number of piperazine rings is 1. The zero-order valence-electron chi connectivity index (χ0n) is 20.2. The highest BCUT2D eigenvalue weighted by atomic mass is 16.2. The van der Waals surface area contributed by atoms with Crippen molar-refractivity contribution in [1.29, 1.82) is 0 Å². The Bertz CT molecular complexity index is 875. The van der Waals surface area contributed by atoms with Crippen LogP contribution in [-0.2, 0) is 16.1 Å². The van der Waals surface area contributed by atoms with Crippen molar-refractivity contribution in [2.24, 2.45) is 0 Å². The van der Waals surface area contributed by atoms with E-state index < -0.39 is 0 Å². The molecule has 0 atom stereocenters. The van der Waals surface area contributed by atoms with Crippen LogP contribution in [0.15, 0.2) is 54.6 Å². The molecule has 1 fully saturated rings. The first-order valence-corrected chi connectivity index (χ1v) is 11.9. The van der Waals surface area contributed by atoms with Crippen molar-refractivity contribution in [3.8, 4) is 0 Å². The highest BCUT2D eigenvalue weighted by molar-refractivity contribution is 5.92. The smallest absolute Gasteiger partial charge is 0.238 e. The highest BCUT2D eigenvalue weighted by Gasteiger charge is 2.18. The average molecular weight is 452 g/mol. The lowest BCUT2D eigenvalue weighted by atomic mass is 10.2. The Kier molecular flexibility index (Phi) is 9.27. The topological polar surface area (TPSA) is 59.1 Å². The van der Waals surface area contributed by atoms with Crippen LogP contribution in [0.25, 0.3) is 0 Å². The van der Waals surface area contributed by atoms with Gasteiger partial charge in [0.05, 0.1) is 13.1 Å². The molecule has 3 rings (SSSR count). The second-order valence-electron chi connectivity index (χ2n) is 8.58. The molecule has 0 aromatic heterocycles. The van der Waals surface area contributed by atoms with Gasteiger partial charge in [0.2, 0.25) is 11.8 Å². The lowest BCUT2D eigenvalue weighted by Crippen LogP contribution is -2.45. The molecule has 33 heavy (non-hydrogen) atoms. The second kappa shape index (κ2) is 12.4. The summed E-state index contributed by atoms with van der Waals surface area (Å²) in [5.74, 6) is -0.0735. The number of amides is 2. The molecule has 7 heteroatoms. The fourth-order valence-corrected chi connectivity index (χ4v) is 4.17. The first kappa shape index (κ1) is 24.7. The van der Waals surface area contributed by atoms with Crippen LogP contribution in [0.3, 0.4) is 0 Å². The van der Waals surface area contributed by atoms with Gasteiger partial charge in [-0.3, -0.25) is 19.4 Å². The predicted molar refractivity (Wildman–Crippen MR) is 134 cm³/mol. The van der Waals surface area contributed by atoms with Crippen LogP contribution in [0, 0.1) is 0 Å². The molecule has 2 aromatic carbocycles. The van der Waals surface area contributed by atoms with Crippen molar-refractivity contribution >= 4 is 23.2 Å². The molecular weight excluding hydrogens is 414 g/mol. The normalized spacial score (nSPS) is 14.4. The molecule has 0 aliphatic carbocycles. The third-order valence-electron chi connectivity index (χ3n) is 6.07. The van der Waals surface area contributed by atoms with E-state index in [1.165, 1.54) is 11.3 Å². The van der Waals surface area contributed by atoms with E-state index in [9.17, 15) is 9.59 Å². The number of carbonyl (C=O) groups excluding carboxylic acids is 2.